The standard InChI is InChI=1S/C13H14Cl2N2O2S2/c1-16-7-10-4-13(12(15)5-11(10)14)21(18,19)17-6-9-2-3-20-8-9/h2-5,8,16-17H,6-7H2,1H3. The first-order valence-corrected chi connectivity index (χ1v) is 9.25. The molecule has 0 fully saturated rings. The lowest BCUT2D eigenvalue weighted by atomic mass is 10.2. The average Bonchev–Trinajstić information content (AvgIpc) is 2.93. The molecule has 0 spiro atoms. The Balaban J connectivity index is 2.28. The minimum absolute atomic E-state index is 0.0362. The van der Waals surface area contributed by atoms with E-state index >= 15 is 0 Å². The molecule has 2 aromatic rings. The molecule has 114 valence electrons. The van der Waals surface area contributed by atoms with Gasteiger partial charge in [-0.3, -0.25) is 0 Å². The van der Waals surface area contributed by atoms with Crippen LogP contribution in [0.1, 0.15) is 11.1 Å². The maximum absolute atomic E-state index is 12.4. The second-order valence-corrected chi connectivity index (χ2v) is 7.69. The molecule has 0 radical (unpaired) electrons. The van der Waals surface area contributed by atoms with Crippen LogP contribution in [0.3, 0.4) is 0 Å². The van der Waals surface area contributed by atoms with Crippen LogP contribution in [-0.2, 0) is 23.1 Å². The molecule has 2 rings (SSSR count). The molecule has 0 aliphatic carbocycles. The number of benzene rings is 1. The molecule has 1 heterocycles. The fourth-order valence-corrected chi connectivity index (χ4v) is 4.30. The van der Waals surface area contributed by atoms with Crippen LogP contribution in [0.4, 0.5) is 0 Å². The van der Waals surface area contributed by atoms with Crippen molar-refractivity contribution in [1.29, 1.82) is 0 Å². The van der Waals surface area contributed by atoms with Crippen molar-refractivity contribution in [2.24, 2.45) is 0 Å². The van der Waals surface area contributed by atoms with Crippen LogP contribution in [0.2, 0.25) is 10.0 Å². The summed E-state index contributed by atoms with van der Waals surface area (Å²) in [5.41, 5.74) is 1.59. The monoisotopic (exact) mass is 364 g/mol. The number of hydrogen-bond donors (Lipinski definition) is 2. The molecule has 2 N–H and O–H groups in total. The Morgan fingerprint density at radius 3 is 2.57 bits per heavy atom. The molecule has 0 saturated heterocycles. The Kier molecular flexibility index (Phi) is 5.65. The van der Waals surface area contributed by atoms with Crippen LogP contribution >= 0.6 is 34.5 Å². The highest BCUT2D eigenvalue weighted by molar-refractivity contribution is 7.89. The van der Waals surface area contributed by atoms with Gasteiger partial charge in [-0.15, -0.1) is 0 Å². The lowest BCUT2D eigenvalue weighted by Gasteiger charge is -2.11. The van der Waals surface area contributed by atoms with E-state index in [1.807, 2.05) is 16.8 Å². The summed E-state index contributed by atoms with van der Waals surface area (Å²) in [5.74, 6) is 0. The van der Waals surface area contributed by atoms with Gasteiger partial charge in [0, 0.05) is 18.1 Å². The summed E-state index contributed by atoms with van der Waals surface area (Å²) in [7, 11) is -1.93. The first-order chi connectivity index (χ1) is 9.94. The molecular weight excluding hydrogens is 351 g/mol. The van der Waals surface area contributed by atoms with Gasteiger partial charge in [-0.2, -0.15) is 11.3 Å². The topological polar surface area (TPSA) is 58.2 Å². The second-order valence-electron chi connectivity index (χ2n) is 4.36. The summed E-state index contributed by atoms with van der Waals surface area (Å²) in [6, 6.07) is 4.81. The Morgan fingerprint density at radius 1 is 1.19 bits per heavy atom. The molecule has 0 amide bonds. The highest BCUT2D eigenvalue weighted by Crippen LogP contribution is 2.28. The van der Waals surface area contributed by atoms with Crippen LogP contribution in [0.15, 0.2) is 33.9 Å². The summed E-state index contributed by atoms with van der Waals surface area (Å²) in [6.45, 7) is 0.690. The molecular formula is C13H14Cl2N2O2S2. The Bertz CT molecular complexity index is 716. The van der Waals surface area contributed by atoms with Crippen molar-refractivity contribution >= 4 is 44.6 Å². The van der Waals surface area contributed by atoms with E-state index in [4.69, 9.17) is 23.2 Å². The summed E-state index contributed by atoms with van der Waals surface area (Å²) in [4.78, 5) is 0.0362. The zero-order valence-electron chi connectivity index (χ0n) is 11.2. The molecule has 0 bridgehead atoms. The van der Waals surface area contributed by atoms with Gasteiger partial charge < -0.3 is 5.32 Å². The zero-order valence-corrected chi connectivity index (χ0v) is 14.3. The van der Waals surface area contributed by atoms with E-state index in [1.54, 1.807) is 7.05 Å². The van der Waals surface area contributed by atoms with Crippen LogP contribution < -0.4 is 10.0 Å². The fourth-order valence-electron chi connectivity index (χ4n) is 1.75. The number of hydrogen-bond acceptors (Lipinski definition) is 4. The zero-order chi connectivity index (χ0) is 15.5. The SMILES string of the molecule is CNCc1cc(S(=O)(=O)NCc2ccsc2)c(Cl)cc1Cl. The molecule has 1 aromatic carbocycles. The molecule has 0 unspecified atom stereocenters. The van der Waals surface area contributed by atoms with Crippen molar-refractivity contribution in [3.05, 3.63) is 50.1 Å². The van der Waals surface area contributed by atoms with Crippen molar-refractivity contribution in [2.45, 2.75) is 18.0 Å². The average molecular weight is 365 g/mol. The third kappa shape index (κ3) is 4.18. The molecule has 0 aliphatic rings. The van der Waals surface area contributed by atoms with Crippen molar-refractivity contribution in [3.63, 3.8) is 0 Å². The van der Waals surface area contributed by atoms with Gasteiger partial charge in [0.2, 0.25) is 10.0 Å². The van der Waals surface area contributed by atoms with E-state index in [0.717, 1.165) is 5.56 Å². The third-order valence-corrected chi connectivity index (χ3v) is 5.75. The van der Waals surface area contributed by atoms with Crippen molar-refractivity contribution in [2.75, 3.05) is 7.05 Å². The molecule has 0 aliphatic heterocycles. The van der Waals surface area contributed by atoms with Crippen LogP contribution in [0.5, 0.6) is 0 Å². The minimum Gasteiger partial charge on any atom is -0.316 e. The van der Waals surface area contributed by atoms with Gasteiger partial charge in [0.25, 0.3) is 0 Å². The highest BCUT2D eigenvalue weighted by atomic mass is 35.5. The molecule has 1 aromatic heterocycles. The Labute approximate surface area is 138 Å². The lowest BCUT2D eigenvalue weighted by molar-refractivity contribution is 0.581. The van der Waals surface area contributed by atoms with Crippen LogP contribution in [-0.4, -0.2) is 15.5 Å². The predicted octanol–water partition coefficient (Wildman–Crippen LogP) is 3.25. The van der Waals surface area contributed by atoms with Gasteiger partial charge >= 0.3 is 0 Å². The third-order valence-electron chi connectivity index (χ3n) is 2.80. The van der Waals surface area contributed by atoms with Gasteiger partial charge in [-0.1, -0.05) is 23.2 Å². The number of halogens is 2. The molecule has 4 nitrogen and oxygen atoms in total. The predicted molar refractivity (Wildman–Crippen MR) is 87.6 cm³/mol. The normalized spacial score (nSPS) is 11.8. The van der Waals surface area contributed by atoms with Gasteiger partial charge in [-0.25, -0.2) is 13.1 Å². The Morgan fingerprint density at radius 2 is 1.95 bits per heavy atom. The van der Waals surface area contributed by atoms with E-state index < -0.39 is 10.0 Å². The number of nitrogens with one attached hydrogen (secondary N) is 2. The van der Waals surface area contributed by atoms with E-state index in [-0.39, 0.29) is 16.5 Å². The summed E-state index contributed by atoms with van der Waals surface area (Å²) in [5, 5.41) is 7.26. The maximum Gasteiger partial charge on any atom is 0.242 e. The number of sulfonamides is 1. The highest BCUT2D eigenvalue weighted by Gasteiger charge is 2.20. The van der Waals surface area contributed by atoms with E-state index in [1.165, 1.54) is 23.5 Å². The minimum atomic E-state index is -3.69. The summed E-state index contributed by atoms with van der Waals surface area (Å²) >= 11 is 13.6. The van der Waals surface area contributed by atoms with E-state index in [2.05, 4.69) is 10.0 Å². The second kappa shape index (κ2) is 7.09. The van der Waals surface area contributed by atoms with Gasteiger partial charge in [-0.05, 0) is 47.1 Å². The lowest BCUT2D eigenvalue weighted by Crippen LogP contribution is -2.23. The van der Waals surface area contributed by atoms with Crippen LogP contribution in [0, 0.1) is 0 Å². The van der Waals surface area contributed by atoms with E-state index in [0.29, 0.717) is 17.1 Å². The summed E-state index contributed by atoms with van der Waals surface area (Å²) in [6.07, 6.45) is 0. The molecule has 0 saturated carbocycles. The maximum atomic E-state index is 12.4. The van der Waals surface area contributed by atoms with Crippen molar-refractivity contribution in [1.82, 2.24) is 10.0 Å². The first-order valence-electron chi connectivity index (χ1n) is 6.07. The first kappa shape index (κ1) is 16.7. The largest absolute Gasteiger partial charge is 0.316 e. The van der Waals surface area contributed by atoms with Crippen LogP contribution in [0.25, 0.3) is 0 Å². The van der Waals surface area contributed by atoms with Gasteiger partial charge in [0.1, 0.15) is 4.90 Å². The van der Waals surface area contributed by atoms with Gasteiger partial charge in [0.05, 0.1) is 5.02 Å². The van der Waals surface area contributed by atoms with Crippen molar-refractivity contribution in [3.8, 4) is 0 Å². The molecule has 21 heavy (non-hydrogen) atoms. The number of rotatable bonds is 6. The quantitative estimate of drug-likeness (QED) is 0.826. The molecule has 0 atom stereocenters. The summed E-state index contributed by atoms with van der Waals surface area (Å²) < 4.78 is 27.3. The molecule has 8 heteroatoms. The van der Waals surface area contributed by atoms with Gasteiger partial charge in [0.15, 0.2) is 0 Å². The van der Waals surface area contributed by atoms with Crippen molar-refractivity contribution < 1.29 is 8.42 Å². The Hall–Kier alpha value is -0.630. The fraction of sp³-hybridized carbons (Fsp3) is 0.231. The van der Waals surface area contributed by atoms with E-state index in [9.17, 15) is 8.42 Å². The smallest absolute Gasteiger partial charge is 0.242 e. The number of thiophene rings is 1.